The van der Waals surface area contributed by atoms with Gasteiger partial charge in [-0.2, -0.15) is 0 Å². The number of ether oxygens (including phenoxy) is 1. The number of aryl methyl sites for hydroxylation is 1. The maximum absolute atomic E-state index is 12.9. The highest BCUT2D eigenvalue weighted by atomic mass is 16.5. The van der Waals surface area contributed by atoms with Gasteiger partial charge in [-0.1, -0.05) is 24.3 Å². The second-order valence-electron chi connectivity index (χ2n) is 7.68. The second-order valence-corrected chi connectivity index (χ2v) is 7.68. The number of amides is 1. The maximum atomic E-state index is 12.9. The molecule has 1 amide bonds. The number of phenolic OH excluding ortho intramolecular Hbond substituents is 2. The van der Waals surface area contributed by atoms with E-state index >= 15 is 0 Å². The molecule has 1 aliphatic rings. The molecule has 164 valence electrons. The van der Waals surface area contributed by atoms with Crippen LogP contribution in [0.25, 0.3) is 28.1 Å². The number of ketones is 1. The molecule has 33 heavy (non-hydrogen) atoms. The van der Waals surface area contributed by atoms with Crippen LogP contribution in [0, 0.1) is 0 Å². The van der Waals surface area contributed by atoms with E-state index in [4.69, 9.17) is 9.84 Å². The molecule has 8 heteroatoms. The molecule has 0 saturated carbocycles. The number of nitrogens with one attached hydrogen (secondary N) is 1. The molecule has 3 aromatic carbocycles. The van der Waals surface area contributed by atoms with Crippen LogP contribution < -0.4 is 10.1 Å². The summed E-state index contributed by atoms with van der Waals surface area (Å²) in [7, 11) is 1.89. The molecule has 0 aliphatic carbocycles. The Bertz CT molecular complexity index is 1480. The van der Waals surface area contributed by atoms with Crippen LogP contribution in [0.5, 0.6) is 17.2 Å². The van der Waals surface area contributed by atoms with Gasteiger partial charge in [-0.05, 0) is 35.4 Å². The second kappa shape index (κ2) is 7.45. The average Bonchev–Trinajstić information content (AvgIpc) is 3.25. The van der Waals surface area contributed by atoms with Crippen molar-refractivity contribution in [3.8, 4) is 28.4 Å². The molecule has 0 saturated heterocycles. The number of hydrogen-bond acceptors (Lipinski definition) is 5. The Morgan fingerprint density at radius 3 is 2.58 bits per heavy atom. The van der Waals surface area contributed by atoms with Gasteiger partial charge in [-0.3, -0.25) is 10.1 Å². The van der Waals surface area contributed by atoms with Crippen LogP contribution in [0.1, 0.15) is 15.9 Å². The summed E-state index contributed by atoms with van der Waals surface area (Å²) < 4.78 is 7.59. The minimum atomic E-state index is -1.14. The number of carboxylic acid groups (broad SMARTS) is 1. The quantitative estimate of drug-likeness (QED) is 0.333. The minimum absolute atomic E-state index is 0.0148. The number of allylic oxidation sites excluding steroid dienone is 1. The zero-order valence-corrected chi connectivity index (χ0v) is 17.4. The van der Waals surface area contributed by atoms with Crippen LogP contribution >= 0.6 is 0 Å². The van der Waals surface area contributed by atoms with Gasteiger partial charge in [0.1, 0.15) is 22.8 Å². The topological polar surface area (TPSA) is 121 Å². The minimum Gasteiger partial charge on any atom is -0.508 e. The van der Waals surface area contributed by atoms with Crippen molar-refractivity contribution in [3.05, 3.63) is 77.7 Å². The third kappa shape index (κ3) is 3.43. The monoisotopic (exact) mass is 442 g/mol. The van der Waals surface area contributed by atoms with E-state index in [0.717, 1.165) is 33.7 Å². The molecular weight excluding hydrogens is 424 g/mol. The lowest BCUT2D eigenvalue weighted by atomic mass is 9.98. The first-order valence-corrected chi connectivity index (χ1v) is 10.0. The Morgan fingerprint density at radius 1 is 1.09 bits per heavy atom. The number of aromatic nitrogens is 1. The summed E-state index contributed by atoms with van der Waals surface area (Å²) in [5.41, 5.74) is 3.89. The van der Waals surface area contributed by atoms with E-state index in [0.29, 0.717) is 5.69 Å². The highest BCUT2D eigenvalue weighted by molar-refractivity contribution is 6.17. The first-order chi connectivity index (χ1) is 15.8. The van der Waals surface area contributed by atoms with Gasteiger partial charge in [0.05, 0.1) is 0 Å². The molecule has 4 N–H and O–H groups in total. The molecule has 0 fully saturated rings. The van der Waals surface area contributed by atoms with Crippen molar-refractivity contribution in [2.45, 2.75) is 0 Å². The number of carbonyl (C=O) groups excluding carboxylic acids is 1. The van der Waals surface area contributed by atoms with Gasteiger partial charge >= 0.3 is 6.09 Å². The molecule has 1 aromatic heterocycles. The molecule has 0 atom stereocenters. The van der Waals surface area contributed by atoms with Gasteiger partial charge in [0.2, 0.25) is 5.78 Å². The highest BCUT2D eigenvalue weighted by Crippen LogP contribution is 2.41. The molecular formula is C25H18N2O6. The number of rotatable bonds is 3. The predicted molar refractivity (Wildman–Crippen MR) is 123 cm³/mol. The van der Waals surface area contributed by atoms with Crippen molar-refractivity contribution >= 4 is 34.5 Å². The third-order valence-corrected chi connectivity index (χ3v) is 5.51. The fourth-order valence-electron chi connectivity index (χ4n) is 4.11. The highest BCUT2D eigenvalue weighted by Gasteiger charge is 2.31. The van der Waals surface area contributed by atoms with Gasteiger partial charge in [-0.15, -0.1) is 0 Å². The number of nitrogens with zero attached hydrogens (tertiary/aromatic N) is 1. The standard InChI is InChI=1S/C25H18N2O6/c1-27-12-14(9-21-24(30)23-19(29)10-16(28)11-20(23)33-21)22-17(3-2-4-18(22)27)13-5-7-15(8-6-13)26-25(31)32/h2-12,26,28-29H,1H3,(H,31,32). The lowest BCUT2D eigenvalue weighted by molar-refractivity contribution is 0.101. The summed E-state index contributed by atoms with van der Waals surface area (Å²) in [4.78, 5) is 23.7. The van der Waals surface area contributed by atoms with E-state index in [-0.39, 0.29) is 28.6 Å². The summed E-state index contributed by atoms with van der Waals surface area (Å²) in [5.74, 6) is -0.873. The third-order valence-electron chi connectivity index (χ3n) is 5.51. The lowest BCUT2D eigenvalue weighted by Crippen LogP contribution is -2.06. The molecule has 0 unspecified atom stereocenters. The van der Waals surface area contributed by atoms with Crippen molar-refractivity contribution in [1.82, 2.24) is 4.57 Å². The number of fused-ring (bicyclic) bond motifs is 2. The first kappa shape index (κ1) is 20.2. The smallest absolute Gasteiger partial charge is 0.409 e. The fraction of sp³-hybridized carbons (Fsp3) is 0.0400. The van der Waals surface area contributed by atoms with E-state index in [9.17, 15) is 19.8 Å². The number of aromatic hydroxyl groups is 2. The Kier molecular flexibility index (Phi) is 4.56. The molecule has 4 aromatic rings. The Hall–Kier alpha value is -4.72. The van der Waals surface area contributed by atoms with Crippen molar-refractivity contribution in [2.24, 2.45) is 7.05 Å². The summed E-state index contributed by atoms with van der Waals surface area (Å²) >= 11 is 0. The molecule has 0 radical (unpaired) electrons. The van der Waals surface area contributed by atoms with Crippen LogP contribution in [-0.4, -0.2) is 31.8 Å². The molecule has 8 nitrogen and oxygen atoms in total. The molecule has 0 bridgehead atoms. The van der Waals surface area contributed by atoms with E-state index < -0.39 is 11.9 Å². The predicted octanol–water partition coefficient (Wildman–Crippen LogP) is 4.96. The number of hydrogen-bond donors (Lipinski definition) is 4. The number of benzene rings is 3. The van der Waals surface area contributed by atoms with Crippen molar-refractivity contribution in [2.75, 3.05) is 5.32 Å². The molecule has 0 spiro atoms. The van der Waals surface area contributed by atoms with E-state index in [2.05, 4.69) is 5.32 Å². The van der Waals surface area contributed by atoms with Crippen molar-refractivity contribution in [1.29, 1.82) is 0 Å². The Morgan fingerprint density at radius 2 is 1.85 bits per heavy atom. The van der Waals surface area contributed by atoms with Gasteiger partial charge in [0.25, 0.3) is 0 Å². The first-order valence-electron chi connectivity index (χ1n) is 10.0. The molecule has 5 rings (SSSR count). The van der Waals surface area contributed by atoms with Crippen molar-refractivity contribution in [3.63, 3.8) is 0 Å². The SMILES string of the molecule is Cn1cc(C=C2Oc3cc(O)cc(O)c3C2=O)c2c(-c3ccc(NC(=O)O)cc3)cccc21. The summed E-state index contributed by atoms with van der Waals surface area (Å²) in [6, 6.07) is 15.2. The van der Waals surface area contributed by atoms with Gasteiger partial charge < -0.3 is 24.6 Å². The van der Waals surface area contributed by atoms with E-state index in [1.165, 1.54) is 6.07 Å². The maximum Gasteiger partial charge on any atom is 0.409 e. The lowest BCUT2D eigenvalue weighted by Gasteiger charge is -2.08. The van der Waals surface area contributed by atoms with Crippen molar-refractivity contribution < 1.29 is 29.6 Å². The largest absolute Gasteiger partial charge is 0.508 e. The van der Waals surface area contributed by atoms with Crippen LogP contribution in [-0.2, 0) is 7.05 Å². The normalized spacial score (nSPS) is 13.8. The van der Waals surface area contributed by atoms with Gasteiger partial charge in [0.15, 0.2) is 5.76 Å². The summed E-state index contributed by atoms with van der Waals surface area (Å²) in [6.07, 6.45) is 2.35. The van der Waals surface area contributed by atoms with Crippen LogP contribution in [0.3, 0.4) is 0 Å². The zero-order chi connectivity index (χ0) is 23.3. The van der Waals surface area contributed by atoms with Crippen LogP contribution in [0.15, 0.2) is 66.6 Å². The number of carbonyl (C=O) groups is 2. The van der Waals surface area contributed by atoms with Crippen LogP contribution in [0.2, 0.25) is 0 Å². The van der Waals surface area contributed by atoms with Crippen LogP contribution in [0.4, 0.5) is 10.5 Å². The fourth-order valence-corrected chi connectivity index (χ4v) is 4.11. The average molecular weight is 442 g/mol. The molecule has 1 aliphatic heterocycles. The van der Waals surface area contributed by atoms with Gasteiger partial charge in [-0.25, -0.2) is 4.79 Å². The summed E-state index contributed by atoms with van der Waals surface area (Å²) in [5, 5.41) is 31.9. The van der Waals surface area contributed by atoms with E-state index in [1.54, 1.807) is 18.2 Å². The zero-order valence-electron chi connectivity index (χ0n) is 17.4. The van der Waals surface area contributed by atoms with E-state index in [1.807, 2.05) is 48.1 Å². The Balaban J connectivity index is 1.62. The Labute approximate surface area is 187 Å². The molecule has 2 heterocycles. The number of phenols is 2. The van der Waals surface area contributed by atoms with Gasteiger partial charge in [0, 0.05) is 47.5 Å². The number of Topliss-reactive ketones (excluding diaryl/α,β-unsaturated/α-hetero) is 1. The summed E-state index contributed by atoms with van der Waals surface area (Å²) in [6.45, 7) is 0. The number of anilines is 1.